The number of likely N-dealkylation sites (tertiary alicyclic amines) is 1. The molecule has 24 heavy (non-hydrogen) atoms. The third-order valence-corrected chi connectivity index (χ3v) is 3.89. The van der Waals surface area contributed by atoms with Crippen molar-refractivity contribution in [3.05, 3.63) is 35.4 Å². The zero-order valence-corrected chi connectivity index (χ0v) is 14.5. The zero-order valence-electron chi connectivity index (χ0n) is 14.5. The van der Waals surface area contributed by atoms with Gasteiger partial charge >= 0.3 is 12.0 Å². The number of hydrogen-bond donors (Lipinski definition) is 2. The standard InChI is InChI=1S/C18H26N2O4/c1-18(2,3)24-15-8-10-20(11-9-15)17(23)19-12-13-4-6-14(7-5-13)16(21)22/h4-7,15H,8-12H2,1-3H3,(H,19,23)(H,21,22). The van der Waals surface area contributed by atoms with Gasteiger partial charge in [-0.15, -0.1) is 0 Å². The maximum Gasteiger partial charge on any atom is 0.335 e. The molecular weight excluding hydrogens is 308 g/mol. The van der Waals surface area contributed by atoms with Crippen LogP contribution in [0.15, 0.2) is 24.3 Å². The fraction of sp³-hybridized carbons (Fsp3) is 0.556. The average molecular weight is 334 g/mol. The second kappa shape index (κ2) is 7.66. The van der Waals surface area contributed by atoms with Gasteiger partial charge in [-0.1, -0.05) is 12.1 Å². The van der Waals surface area contributed by atoms with Crippen molar-refractivity contribution < 1.29 is 19.4 Å². The Labute approximate surface area is 142 Å². The van der Waals surface area contributed by atoms with E-state index in [0.29, 0.717) is 19.6 Å². The van der Waals surface area contributed by atoms with Crippen LogP contribution in [0.5, 0.6) is 0 Å². The Balaban J connectivity index is 1.76. The summed E-state index contributed by atoms with van der Waals surface area (Å²) in [5.41, 5.74) is 0.960. The lowest BCUT2D eigenvalue weighted by Gasteiger charge is -2.35. The lowest BCUT2D eigenvalue weighted by Crippen LogP contribution is -2.46. The summed E-state index contributed by atoms with van der Waals surface area (Å²) in [5, 5.41) is 11.7. The van der Waals surface area contributed by atoms with Crippen molar-refractivity contribution in [3.8, 4) is 0 Å². The van der Waals surface area contributed by atoms with Crippen LogP contribution >= 0.6 is 0 Å². The van der Waals surface area contributed by atoms with Gasteiger partial charge in [0.05, 0.1) is 17.3 Å². The predicted molar refractivity (Wildman–Crippen MR) is 91.1 cm³/mol. The lowest BCUT2D eigenvalue weighted by molar-refractivity contribution is -0.0784. The molecule has 2 amide bonds. The molecule has 1 saturated heterocycles. The Kier molecular flexibility index (Phi) is 5.83. The van der Waals surface area contributed by atoms with Crippen molar-refractivity contribution in [1.29, 1.82) is 0 Å². The molecule has 1 fully saturated rings. The molecule has 6 nitrogen and oxygen atoms in total. The van der Waals surface area contributed by atoms with Crippen LogP contribution < -0.4 is 5.32 Å². The number of rotatable bonds is 4. The molecule has 2 rings (SSSR count). The van der Waals surface area contributed by atoms with E-state index in [2.05, 4.69) is 5.32 Å². The summed E-state index contributed by atoms with van der Waals surface area (Å²) < 4.78 is 5.96. The second-order valence-electron chi connectivity index (χ2n) is 7.08. The third kappa shape index (κ3) is 5.53. The van der Waals surface area contributed by atoms with E-state index >= 15 is 0 Å². The van der Waals surface area contributed by atoms with Gasteiger partial charge in [0.1, 0.15) is 0 Å². The molecular formula is C18H26N2O4. The van der Waals surface area contributed by atoms with Gasteiger partial charge in [-0.25, -0.2) is 9.59 Å². The number of nitrogens with one attached hydrogen (secondary N) is 1. The van der Waals surface area contributed by atoms with Crippen LogP contribution in [0.4, 0.5) is 4.79 Å². The Morgan fingerprint density at radius 2 is 1.79 bits per heavy atom. The number of benzene rings is 1. The number of amides is 2. The van der Waals surface area contributed by atoms with E-state index in [0.717, 1.165) is 18.4 Å². The molecule has 1 aromatic rings. The highest BCUT2D eigenvalue weighted by Gasteiger charge is 2.26. The number of urea groups is 1. The molecule has 0 unspecified atom stereocenters. The summed E-state index contributed by atoms with van der Waals surface area (Å²) in [6.45, 7) is 7.89. The number of aromatic carboxylic acids is 1. The van der Waals surface area contributed by atoms with Gasteiger partial charge in [-0.3, -0.25) is 0 Å². The number of hydrogen-bond acceptors (Lipinski definition) is 3. The summed E-state index contributed by atoms with van der Waals surface area (Å²) in [5.74, 6) is -0.953. The highest BCUT2D eigenvalue weighted by molar-refractivity contribution is 5.87. The van der Waals surface area contributed by atoms with Crippen molar-refractivity contribution in [2.24, 2.45) is 0 Å². The first-order valence-corrected chi connectivity index (χ1v) is 8.27. The van der Waals surface area contributed by atoms with Gasteiger partial charge < -0.3 is 20.1 Å². The van der Waals surface area contributed by atoms with Gasteiger partial charge in [0.2, 0.25) is 0 Å². The maximum atomic E-state index is 12.2. The topological polar surface area (TPSA) is 78.9 Å². The molecule has 1 aromatic carbocycles. The molecule has 6 heteroatoms. The quantitative estimate of drug-likeness (QED) is 0.887. The molecule has 0 bridgehead atoms. The second-order valence-corrected chi connectivity index (χ2v) is 7.08. The van der Waals surface area contributed by atoms with Crippen LogP contribution in [0.3, 0.4) is 0 Å². The minimum absolute atomic E-state index is 0.0912. The molecule has 1 aliphatic rings. The van der Waals surface area contributed by atoms with Gasteiger partial charge in [-0.2, -0.15) is 0 Å². The highest BCUT2D eigenvalue weighted by atomic mass is 16.5. The normalized spacial score (nSPS) is 16.0. The SMILES string of the molecule is CC(C)(C)OC1CCN(C(=O)NCc2ccc(C(=O)O)cc2)CC1. The molecule has 1 aliphatic heterocycles. The van der Waals surface area contributed by atoms with Crippen molar-refractivity contribution in [3.63, 3.8) is 0 Å². The first-order chi connectivity index (χ1) is 11.2. The van der Waals surface area contributed by atoms with Crippen LogP contribution in [0, 0.1) is 0 Å². The zero-order chi connectivity index (χ0) is 17.7. The van der Waals surface area contributed by atoms with Crippen molar-refractivity contribution in [2.75, 3.05) is 13.1 Å². The van der Waals surface area contributed by atoms with Gasteiger partial charge in [-0.05, 0) is 51.3 Å². The number of carboxylic acids is 1. The van der Waals surface area contributed by atoms with Crippen LogP contribution in [-0.4, -0.2) is 46.8 Å². The molecule has 0 atom stereocenters. The number of ether oxygens (including phenoxy) is 1. The summed E-state index contributed by atoms with van der Waals surface area (Å²) in [4.78, 5) is 24.8. The van der Waals surface area contributed by atoms with Gasteiger partial charge in [0, 0.05) is 19.6 Å². The minimum Gasteiger partial charge on any atom is -0.478 e. The number of carbonyl (C=O) groups excluding carboxylic acids is 1. The van der Waals surface area contributed by atoms with E-state index in [-0.39, 0.29) is 23.3 Å². The molecule has 132 valence electrons. The van der Waals surface area contributed by atoms with Crippen molar-refractivity contribution in [1.82, 2.24) is 10.2 Å². The molecule has 0 radical (unpaired) electrons. The number of carbonyl (C=O) groups is 2. The van der Waals surface area contributed by atoms with Crippen molar-refractivity contribution >= 4 is 12.0 Å². The number of nitrogens with zero attached hydrogens (tertiary/aromatic N) is 1. The van der Waals surface area contributed by atoms with E-state index < -0.39 is 5.97 Å². The van der Waals surface area contributed by atoms with E-state index in [9.17, 15) is 9.59 Å². The molecule has 1 heterocycles. The third-order valence-electron chi connectivity index (χ3n) is 3.89. The smallest absolute Gasteiger partial charge is 0.335 e. The Morgan fingerprint density at radius 1 is 1.21 bits per heavy atom. The summed E-state index contributed by atoms with van der Waals surface area (Å²) in [6.07, 6.45) is 1.90. The van der Waals surface area contributed by atoms with Crippen LogP contribution in [0.1, 0.15) is 49.5 Å². The molecule has 0 aromatic heterocycles. The number of piperidine rings is 1. The summed E-state index contributed by atoms with van der Waals surface area (Å²) in [7, 11) is 0. The number of carboxylic acid groups (broad SMARTS) is 1. The van der Waals surface area contributed by atoms with Crippen LogP contribution in [0.25, 0.3) is 0 Å². The van der Waals surface area contributed by atoms with E-state index in [4.69, 9.17) is 9.84 Å². The first-order valence-electron chi connectivity index (χ1n) is 8.27. The monoisotopic (exact) mass is 334 g/mol. The first kappa shape index (κ1) is 18.3. The van der Waals surface area contributed by atoms with Crippen molar-refractivity contribution in [2.45, 2.75) is 51.9 Å². The maximum absolute atomic E-state index is 12.2. The molecule has 2 N–H and O–H groups in total. The Bertz CT molecular complexity index is 570. The summed E-state index contributed by atoms with van der Waals surface area (Å²) in [6, 6.07) is 6.42. The van der Waals surface area contributed by atoms with E-state index in [1.165, 1.54) is 0 Å². The lowest BCUT2D eigenvalue weighted by atomic mass is 10.1. The average Bonchev–Trinajstić information content (AvgIpc) is 2.52. The molecule has 0 saturated carbocycles. The Hall–Kier alpha value is -2.08. The fourth-order valence-corrected chi connectivity index (χ4v) is 2.73. The van der Waals surface area contributed by atoms with E-state index in [1.54, 1.807) is 29.2 Å². The highest BCUT2D eigenvalue weighted by Crippen LogP contribution is 2.20. The minimum atomic E-state index is -0.953. The van der Waals surface area contributed by atoms with Crippen LogP contribution in [-0.2, 0) is 11.3 Å². The Morgan fingerprint density at radius 3 is 2.29 bits per heavy atom. The largest absolute Gasteiger partial charge is 0.478 e. The fourth-order valence-electron chi connectivity index (χ4n) is 2.73. The van der Waals surface area contributed by atoms with E-state index in [1.807, 2.05) is 20.8 Å². The van der Waals surface area contributed by atoms with Gasteiger partial charge in [0.15, 0.2) is 0 Å². The van der Waals surface area contributed by atoms with Gasteiger partial charge in [0.25, 0.3) is 0 Å². The summed E-state index contributed by atoms with van der Waals surface area (Å²) >= 11 is 0. The van der Waals surface area contributed by atoms with Crippen LogP contribution in [0.2, 0.25) is 0 Å². The molecule has 0 spiro atoms. The predicted octanol–water partition coefficient (Wildman–Crippen LogP) is 2.87. The molecule has 0 aliphatic carbocycles.